The number of anilines is 1. The fourth-order valence-corrected chi connectivity index (χ4v) is 2.81. The van der Waals surface area contributed by atoms with Crippen LogP contribution in [-0.4, -0.2) is 47.8 Å². The number of halogens is 1. The van der Waals surface area contributed by atoms with Crippen LogP contribution in [0, 0.1) is 5.82 Å². The van der Waals surface area contributed by atoms with Crippen LogP contribution in [0.1, 0.15) is 5.56 Å². The molecule has 1 saturated heterocycles. The monoisotopic (exact) mass is 341 g/mol. The quantitative estimate of drug-likeness (QED) is 0.870. The van der Waals surface area contributed by atoms with Crippen LogP contribution in [-0.2, 0) is 16.1 Å². The molecule has 1 fully saturated rings. The van der Waals surface area contributed by atoms with Crippen LogP contribution in [0.2, 0.25) is 0 Å². The number of amides is 2. The van der Waals surface area contributed by atoms with Gasteiger partial charge in [-0.05, 0) is 29.8 Å². The zero-order valence-corrected chi connectivity index (χ0v) is 13.8. The van der Waals surface area contributed by atoms with Crippen molar-refractivity contribution < 1.29 is 14.0 Å². The molecule has 1 N–H and O–H groups in total. The Bertz CT molecular complexity index is 726. The summed E-state index contributed by atoms with van der Waals surface area (Å²) in [5.41, 5.74) is 1.64. The van der Waals surface area contributed by atoms with Gasteiger partial charge in [-0.3, -0.25) is 14.5 Å². The van der Waals surface area contributed by atoms with Crippen LogP contribution in [0.25, 0.3) is 0 Å². The van der Waals surface area contributed by atoms with Gasteiger partial charge in [0.15, 0.2) is 0 Å². The second-order valence-electron chi connectivity index (χ2n) is 6.01. The summed E-state index contributed by atoms with van der Waals surface area (Å²) in [5.74, 6) is -1.63. The molecular weight excluding hydrogens is 321 g/mol. The molecule has 0 atom stereocenters. The number of hydrogen-bond acceptors (Lipinski definition) is 3. The van der Waals surface area contributed by atoms with Gasteiger partial charge in [-0.15, -0.1) is 0 Å². The molecule has 3 rings (SSSR count). The molecule has 130 valence electrons. The number of nitrogens with one attached hydrogen (secondary N) is 1. The Kier molecular flexibility index (Phi) is 5.40. The summed E-state index contributed by atoms with van der Waals surface area (Å²) >= 11 is 0. The zero-order chi connectivity index (χ0) is 17.6. The third-order valence-electron chi connectivity index (χ3n) is 4.20. The van der Waals surface area contributed by atoms with Crippen LogP contribution >= 0.6 is 0 Å². The van der Waals surface area contributed by atoms with Gasteiger partial charge in [-0.1, -0.05) is 30.3 Å². The topological polar surface area (TPSA) is 52.7 Å². The lowest BCUT2D eigenvalue weighted by Crippen LogP contribution is -2.51. The van der Waals surface area contributed by atoms with Crippen molar-refractivity contribution in [3.8, 4) is 0 Å². The Morgan fingerprint density at radius 3 is 2.20 bits per heavy atom. The van der Waals surface area contributed by atoms with Crippen molar-refractivity contribution in [1.29, 1.82) is 0 Å². The predicted octanol–water partition coefficient (Wildman–Crippen LogP) is 2.11. The maximum atomic E-state index is 12.9. The summed E-state index contributed by atoms with van der Waals surface area (Å²) < 4.78 is 12.9. The van der Waals surface area contributed by atoms with Crippen molar-refractivity contribution in [2.24, 2.45) is 0 Å². The van der Waals surface area contributed by atoms with Gasteiger partial charge in [0, 0.05) is 38.4 Å². The Balaban J connectivity index is 1.49. The number of rotatable bonds is 3. The Hall–Kier alpha value is -2.73. The molecule has 0 bridgehead atoms. The standard InChI is InChI=1S/C19H20FN3O2/c20-16-6-8-17(9-7-16)21-18(24)19(25)23-12-10-22(11-13-23)14-15-4-2-1-3-5-15/h1-9H,10-14H2,(H,21,24). The number of carbonyl (C=O) groups is 2. The second-order valence-corrected chi connectivity index (χ2v) is 6.01. The molecule has 6 heteroatoms. The molecule has 2 amide bonds. The molecule has 0 aromatic heterocycles. The first-order valence-corrected chi connectivity index (χ1v) is 8.24. The molecule has 0 saturated carbocycles. The first-order chi connectivity index (χ1) is 12.1. The van der Waals surface area contributed by atoms with Crippen LogP contribution in [0.4, 0.5) is 10.1 Å². The summed E-state index contributed by atoms with van der Waals surface area (Å²) in [7, 11) is 0. The first-order valence-electron chi connectivity index (χ1n) is 8.24. The van der Waals surface area contributed by atoms with E-state index in [1.165, 1.54) is 29.8 Å². The lowest BCUT2D eigenvalue weighted by molar-refractivity contribution is -0.144. The van der Waals surface area contributed by atoms with Gasteiger partial charge in [0.2, 0.25) is 0 Å². The zero-order valence-electron chi connectivity index (χ0n) is 13.8. The fraction of sp³-hybridized carbons (Fsp3) is 0.263. The molecular formula is C19H20FN3O2. The maximum absolute atomic E-state index is 12.9. The lowest BCUT2D eigenvalue weighted by atomic mass is 10.2. The van der Waals surface area contributed by atoms with Crippen molar-refractivity contribution in [1.82, 2.24) is 9.80 Å². The summed E-state index contributed by atoms with van der Waals surface area (Å²) in [6.45, 7) is 3.32. The van der Waals surface area contributed by atoms with E-state index in [1.807, 2.05) is 18.2 Å². The number of nitrogens with zero attached hydrogens (tertiary/aromatic N) is 2. The van der Waals surface area contributed by atoms with Gasteiger partial charge in [0.1, 0.15) is 5.82 Å². The third kappa shape index (κ3) is 4.64. The van der Waals surface area contributed by atoms with E-state index in [-0.39, 0.29) is 5.82 Å². The Morgan fingerprint density at radius 2 is 1.56 bits per heavy atom. The van der Waals surface area contributed by atoms with Crippen molar-refractivity contribution in [2.75, 3.05) is 31.5 Å². The minimum atomic E-state index is -0.692. The summed E-state index contributed by atoms with van der Waals surface area (Å²) in [6.07, 6.45) is 0. The SMILES string of the molecule is O=C(Nc1ccc(F)cc1)C(=O)N1CCN(Cc2ccccc2)CC1. The molecule has 1 aliphatic heterocycles. The Labute approximate surface area is 146 Å². The summed E-state index contributed by atoms with van der Waals surface area (Å²) in [5, 5.41) is 2.51. The van der Waals surface area contributed by atoms with Gasteiger partial charge in [0.25, 0.3) is 0 Å². The average Bonchev–Trinajstić information content (AvgIpc) is 2.64. The van der Waals surface area contributed by atoms with Gasteiger partial charge < -0.3 is 10.2 Å². The highest BCUT2D eigenvalue weighted by Gasteiger charge is 2.26. The van der Waals surface area contributed by atoms with E-state index in [0.717, 1.165) is 19.6 Å². The predicted molar refractivity (Wildman–Crippen MR) is 93.3 cm³/mol. The van der Waals surface area contributed by atoms with Gasteiger partial charge in [-0.25, -0.2) is 4.39 Å². The molecule has 25 heavy (non-hydrogen) atoms. The van der Waals surface area contributed by atoms with E-state index in [4.69, 9.17) is 0 Å². The first kappa shape index (κ1) is 17.1. The van der Waals surface area contributed by atoms with E-state index < -0.39 is 11.8 Å². The van der Waals surface area contributed by atoms with E-state index in [9.17, 15) is 14.0 Å². The molecule has 0 radical (unpaired) electrons. The molecule has 5 nitrogen and oxygen atoms in total. The second kappa shape index (κ2) is 7.90. The average molecular weight is 341 g/mol. The van der Waals surface area contributed by atoms with Crippen molar-refractivity contribution in [3.63, 3.8) is 0 Å². The van der Waals surface area contributed by atoms with Gasteiger partial charge >= 0.3 is 11.8 Å². The highest BCUT2D eigenvalue weighted by molar-refractivity contribution is 6.39. The van der Waals surface area contributed by atoms with Crippen LogP contribution in [0.5, 0.6) is 0 Å². The fourth-order valence-electron chi connectivity index (χ4n) is 2.81. The Morgan fingerprint density at radius 1 is 0.920 bits per heavy atom. The van der Waals surface area contributed by atoms with Crippen LogP contribution < -0.4 is 5.32 Å². The number of piperazine rings is 1. The van der Waals surface area contributed by atoms with Crippen molar-refractivity contribution >= 4 is 17.5 Å². The number of hydrogen-bond donors (Lipinski definition) is 1. The molecule has 2 aromatic rings. The van der Waals surface area contributed by atoms with Crippen molar-refractivity contribution in [2.45, 2.75) is 6.54 Å². The highest BCUT2D eigenvalue weighted by Crippen LogP contribution is 2.11. The molecule has 1 aliphatic rings. The van der Waals surface area contributed by atoms with E-state index in [0.29, 0.717) is 18.8 Å². The van der Waals surface area contributed by atoms with E-state index >= 15 is 0 Å². The van der Waals surface area contributed by atoms with E-state index in [2.05, 4.69) is 22.3 Å². The third-order valence-corrected chi connectivity index (χ3v) is 4.20. The highest BCUT2D eigenvalue weighted by atomic mass is 19.1. The maximum Gasteiger partial charge on any atom is 0.313 e. The smallest absolute Gasteiger partial charge is 0.313 e. The molecule has 0 unspecified atom stereocenters. The molecule has 1 heterocycles. The van der Waals surface area contributed by atoms with Crippen LogP contribution in [0.3, 0.4) is 0 Å². The van der Waals surface area contributed by atoms with Gasteiger partial charge in [-0.2, -0.15) is 0 Å². The normalized spacial score (nSPS) is 15.0. The molecule has 0 aliphatic carbocycles. The minimum Gasteiger partial charge on any atom is -0.332 e. The number of benzene rings is 2. The lowest BCUT2D eigenvalue weighted by Gasteiger charge is -2.34. The largest absolute Gasteiger partial charge is 0.332 e. The number of carbonyl (C=O) groups excluding carboxylic acids is 2. The minimum absolute atomic E-state index is 0.390. The van der Waals surface area contributed by atoms with Crippen molar-refractivity contribution in [3.05, 3.63) is 66.0 Å². The van der Waals surface area contributed by atoms with E-state index in [1.54, 1.807) is 4.90 Å². The summed E-state index contributed by atoms with van der Waals surface area (Å²) in [6, 6.07) is 15.5. The van der Waals surface area contributed by atoms with Gasteiger partial charge in [0.05, 0.1) is 0 Å². The summed E-state index contributed by atoms with van der Waals surface area (Å²) in [4.78, 5) is 28.1. The van der Waals surface area contributed by atoms with Crippen LogP contribution in [0.15, 0.2) is 54.6 Å². The molecule has 2 aromatic carbocycles. The molecule has 0 spiro atoms.